The van der Waals surface area contributed by atoms with E-state index in [1.54, 1.807) is 24.3 Å². The Morgan fingerprint density at radius 3 is 2.61 bits per heavy atom. The topological polar surface area (TPSA) is 88.4 Å². The minimum absolute atomic E-state index is 0.0633. The van der Waals surface area contributed by atoms with Gasteiger partial charge >= 0.3 is 6.03 Å². The molecule has 2 amide bonds. The maximum atomic E-state index is 12.0. The number of carbonyl (C=O) groups excluding carboxylic acids is 1. The van der Waals surface area contributed by atoms with Crippen molar-refractivity contribution in [3.05, 3.63) is 53.5 Å². The largest absolute Gasteiger partial charge is 0.464 e. The van der Waals surface area contributed by atoms with Crippen LogP contribution in [-0.4, -0.2) is 20.7 Å². The van der Waals surface area contributed by atoms with E-state index in [4.69, 9.17) is 4.42 Å². The van der Waals surface area contributed by atoms with Gasteiger partial charge in [-0.1, -0.05) is 12.1 Å². The highest BCUT2D eigenvalue weighted by atomic mass is 32.2. The van der Waals surface area contributed by atoms with Crippen molar-refractivity contribution in [2.24, 2.45) is 0 Å². The van der Waals surface area contributed by atoms with Crippen LogP contribution in [0.4, 0.5) is 10.5 Å². The minimum Gasteiger partial charge on any atom is -0.464 e. The SMILES string of the molecule is Cc1ccc(C(C)NC(=O)Nc2cccc(CS(C)(=O)=O)c2)o1. The summed E-state index contributed by atoms with van der Waals surface area (Å²) in [5.41, 5.74) is 1.16. The molecule has 7 heteroatoms. The molecule has 6 nitrogen and oxygen atoms in total. The van der Waals surface area contributed by atoms with Crippen LogP contribution in [0.3, 0.4) is 0 Å². The zero-order chi connectivity index (χ0) is 17.0. The number of carbonyl (C=O) groups is 1. The van der Waals surface area contributed by atoms with Gasteiger partial charge in [0.2, 0.25) is 0 Å². The zero-order valence-electron chi connectivity index (χ0n) is 13.3. The number of hydrogen-bond acceptors (Lipinski definition) is 4. The maximum absolute atomic E-state index is 12.0. The summed E-state index contributed by atoms with van der Waals surface area (Å²) < 4.78 is 28.1. The fraction of sp³-hybridized carbons (Fsp3) is 0.312. The molecule has 0 radical (unpaired) electrons. The quantitative estimate of drug-likeness (QED) is 0.878. The molecule has 1 heterocycles. The van der Waals surface area contributed by atoms with Gasteiger partial charge in [-0.25, -0.2) is 13.2 Å². The van der Waals surface area contributed by atoms with Gasteiger partial charge in [-0.3, -0.25) is 0 Å². The maximum Gasteiger partial charge on any atom is 0.319 e. The number of urea groups is 1. The Balaban J connectivity index is 1.98. The zero-order valence-corrected chi connectivity index (χ0v) is 14.1. The number of aryl methyl sites for hydroxylation is 1. The number of benzene rings is 1. The summed E-state index contributed by atoms with van der Waals surface area (Å²) >= 11 is 0. The van der Waals surface area contributed by atoms with Crippen LogP contribution in [-0.2, 0) is 15.6 Å². The molecular weight excluding hydrogens is 316 g/mol. The Morgan fingerprint density at radius 2 is 2.00 bits per heavy atom. The number of hydrogen-bond donors (Lipinski definition) is 2. The summed E-state index contributed by atoms with van der Waals surface area (Å²) in [6.45, 7) is 3.65. The first-order valence-electron chi connectivity index (χ1n) is 7.13. The molecule has 23 heavy (non-hydrogen) atoms. The lowest BCUT2D eigenvalue weighted by Gasteiger charge is -2.13. The van der Waals surface area contributed by atoms with Crippen LogP contribution in [0.2, 0.25) is 0 Å². The van der Waals surface area contributed by atoms with Crippen molar-refractivity contribution in [1.29, 1.82) is 0 Å². The summed E-state index contributed by atoms with van der Waals surface area (Å²) in [5, 5.41) is 5.45. The molecule has 0 aliphatic carbocycles. The van der Waals surface area contributed by atoms with E-state index >= 15 is 0 Å². The van der Waals surface area contributed by atoms with E-state index in [-0.39, 0.29) is 17.8 Å². The number of sulfone groups is 1. The molecule has 124 valence electrons. The molecule has 2 rings (SSSR count). The van der Waals surface area contributed by atoms with Gasteiger partial charge in [0, 0.05) is 11.9 Å². The van der Waals surface area contributed by atoms with Crippen LogP contribution in [0.5, 0.6) is 0 Å². The summed E-state index contributed by atoms with van der Waals surface area (Å²) in [7, 11) is -3.12. The van der Waals surface area contributed by atoms with E-state index in [0.717, 1.165) is 5.76 Å². The lowest BCUT2D eigenvalue weighted by molar-refractivity contribution is 0.247. The second-order valence-electron chi connectivity index (χ2n) is 5.54. The average molecular weight is 336 g/mol. The molecular formula is C16H20N2O4S. The molecule has 1 unspecified atom stereocenters. The molecule has 1 atom stereocenters. The van der Waals surface area contributed by atoms with Crippen molar-refractivity contribution in [3.63, 3.8) is 0 Å². The van der Waals surface area contributed by atoms with Crippen molar-refractivity contribution in [2.45, 2.75) is 25.6 Å². The van der Waals surface area contributed by atoms with Crippen molar-refractivity contribution < 1.29 is 17.6 Å². The fourth-order valence-corrected chi connectivity index (χ4v) is 2.95. The molecule has 2 aromatic rings. The summed E-state index contributed by atoms with van der Waals surface area (Å²) in [4.78, 5) is 12.0. The number of rotatable bonds is 5. The lowest BCUT2D eigenvalue weighted by atomic mass is 10.2. The summed E-state index contributed by atoms with van der Waals surface area (Å²) in [5.74, 6) is 1.39. The Hall–Kier alpha value is -2.28. The molecule has 0 aliphatic rings. The second kappa shape index (κ2) is 6.87. The third kappa shape index (κ3) is 5.45. The molecule has 1 aromatic heterocycles. The second-order valence-corrected chi connectivity index (χ2v) is 7.68. The normalized spacial score (nSPS) is 12.7. The molecule has 0 spiro atoms. The van der Waals surface area contributed by atoms with Crippen LogP contribution in [0.1, 0.15) is 30.0 Å². The standard InChI is InChI=1S/C16H20N2O4S/c1-11-7-8-15(22-11)12(2)17-16(19)18-14-6-4-5-13(9-14)10-23(3,20)21/h4-9,12H,10H2,1-3H3,(H2,17,18,19). The van der Waals surface area contributed by atoms with Crippen LogP contribution in [0, 0.1) is 6.92 Å². The summed E-state index contributed by atoms with van der Waals surface area (Å²) in [6, 6.07) is 9.74. The van der Waals surface area contributed by atoms with Crippen LogP contribution in [0.15, 0.2) is 40.8 Å². The van der Waals surface area contributed by atoms with Crippen molar-refractivity contribution in [1.82, 2.24) is 5.32 Å². The van der Waals surface area contributed by atoms with E-state index in [9.17, 15) is 13.2 Å². The number of nitrogens with one attached hydrogen (secondary N) is 2. The fourth-order valence-electron chi connectivity index (χ4n) is 2.16. The first-order chi connectivity index (χ1) is 10.7. The van der Waals surface area contributed by atoms with Gasteiger partial charge in [-0.05, 0) is 43.7 Å². The first kappa shape index (κ1) is 17.1. The van der Waals surface area contributed by atoms with Gasteiger partial charge in [0.1, 0.15) is 11.5 Å². The monoisotopic (exact) mass is 336 g/mol. The van der Waals surface area contributed by atoms with Crippen molar-refractivity contribution >= 4 is 21.6 Å². The van der Waals surface area contributed by atoms with Gasteiger partial charge in [-0.2, -0.15) is 0 Å². The highest BCUT2D eigenvalue weighted by molar-refractivity contribution is 7.89. The molecule has 2 N–H and O–H groups in total. The molecule has 1 aromatic carbocycles. The van der Waals surface area contributed by atoms with Gasteiger partial charge in [0.15, 0.2) is 9.84 Å². The third-order valence-electron chi connectivity index (χ3n) is 3.15. The molecule has 0 bridgehead atoms. The number of furan rings is 1. The average Bonchev–Trinajstić information content (AvgIpc) is 2.83. The Kier molecular flexibility index (Phi) is 5.10. The Morgan fingerprint density at radius 1 is 1.26 bits per heavy atom. The third-order valence-corrected chi connectivity index (χ3v) is 4.01. The van der Waals surface area contributed by atoms with Crippen molar-refractivity contribution in [2.75, 3.05) is 11.6 Å². The van der Waals surface area contributed by atoms with Gasteiger partial charge in [-0.15, -0.1) is 0 Å². The predicted molar refractivity (Wildman–Crippen MR) is 89.0 cm³/mol. The van der Waals surface area contributed by atoms with E-state index in [0.29, 0.717) is 17.0 Å². The number of amides is 2. The van der Waals surface area contributed by atoms with Crippen LogP contribution in [0.25, 0.3) is 0 Å². The molecule has 0 fully saturated rings. The highest BCUT2D eigenvalue weighted by Gasteiger charge is 2.13. The van der Waals surface area contributed by atoms with Crippen molar-refractivity contribution in [3.8, 4) is 0 Å². The lowest BCUT2D eigenvalue weighted by Crippen LogP contribution is -2.31. The van der Waals surface area contributed by atoms with E-state index < -0.39 is 9.84 Å². The van der Waals surface area contributed by atoms with Gasteiger partial charge in [0.05, 0.1) is 11.8 Å². The van der Waals surface area contributed by atoms with Crippen LogP contribution >= 0.6 is 0 Å². The Labute approximate surface area is 135 Å². The number of anilines is 1. The first-order valence-corrected chi connectivity index (χ1v) is 9.19. The van der Waals surface area contributed by atoms with E-state index in [2.05, 4.69) is 10.6 Å². The smallest absolute Gasteiger partial charge is 0.319 e. The molecule has 0 aliphatic heterocycles. The summed E-state index contributed by atoms with van der Waals surface area (Å²) in [6.07, 6.45) is 1.17. The van der Waals surface area contributed by atoms with Gasteiger partial charge < -0.3 is 15.1 Å². The van der Waals surface area contributed by atoms with Crippen LogP contribution < -0.4 is 10.6 Å². The molecule has 0 saturated carbocycles. The predicted octanol–water partition coefficient (Wildman–Crippen LogP) is 3.02. The highest BCUT2D eigenvalue weighted by Crippen LogP contribution is 2.16. The minimum atomic E-state index is -3.12. The van der Waals surface area contributed by atoms with Gasteiger partial charge in [0.25, 0.3) is 0 Å². The molecule has 0 saturated heterocycles. The van der Waals surface area contributed by atoms with E-state index in [1.165, 1.54) is 6.26 Å². The Bertz CT molecular complexity index is 796. The van der Waals surface area contributed by atoms with E-state index in [1.807, 2.05) is 26.0 Å².